The Morgan fingerprint density at radius 1 is 1.23 bits per heavy atom. The zero-order chi connectivity index (χ0) is 22.7. The number of hydrogen-bond acceptors (Lipinski definition) is 6. The molecule has 0 saturated carbocycles. The molecule has 0 radical (unpaired) electrons. The summed E-state index contributed by atoms with van der Waals surface area (Å²) in [6.45, 7) is 0.730. The van der Waals surface area contributed by atoms with E-state index in [9.17, 15) is 18.0 Å². The molecule has 2 rings (SSSR count). The zero-order valence-corrected chi connectivity index (χ0v) is 18.8. The number of carboxylic acid groups (broad SMARTS) is 1. The number of amides is 1. The van der Waals surface area contributed by atoms with Crippen LogP contribution in [0.3, 0.4) is 0 Å². The lowest BCUT2D eigenvalue weighted by Crippen LogP contribution is -2.42. The highest BCUT2D eigenvalue weighted by Gasteiger charge is 2.25. The summed E-state index contributed by atoms with van der Waals surface area (Å²) in [6, 6.07) is 5.71. The van der Waals surface area contributed by atoms with Gasteiger partial charge < -0.3 is 19.9 Å². The SMILES string of the molecule is O=C(O)CCCCNC(=O)[C@@H](CNS(=O)(=O)c1ccc(Cl)cc1)COC1CCCCO1. The molecule has 1 unspecified atom stereocenters. The highest BCUT2D eigenvalue weighted by atomic mass is 35.5. The molecule has 0 aromatic heterocycles. The minimum absolute atomic E-state index is 0.00519. The van der Waals surface area contributed by atoms with Gasteiger partial charge in [0, 0.05) is 31.1 Å². The summed E-state index contributed by atoms with van der Waals surface area (Å²) in [7, 11) is -3.83. The predicted molar refractivity (Wildman–Crippen MR) is 114 cm³/mol. The van der Waals surface area contributed by atoms with Crippen LogP contribution in [0.2, 0.25) is 5.02 Å². The summed E-state index contributed by atoms with van der Waals surface area (Å²) in [4.78, 5) is 23.2. The van der Waals surface area contributed by atoms with Crippen LogP contribution < -0.4 is 10.0 Å². The largest absolute Gasteiger partial charge is 0.481 e. The van der Waals surface area contributed by atoms with E-state index in [1.165, 1.54) is 24.3 Å². The minimum atomic E-state index is -3.83. The van der Waals surface area contributed by atoms with Crippen molar-refractivity contribution in [1.82, 2.24) is 10.0 Å². The van der Waals surface area contributed by atoms with Crippen LogP contribution in [-0.4, -0.2) is 58.0 Å². The first-order valence-corrected chi connectivity index (χ1v) is 12.1. The maximum absolute atomic E-state index is 12.6. The number of nitrogens with one attached hydrogen (secondary N) is 2. The molecule has 1 aromatic rings. The number of rotatable bonds is 13. The average molecular weight is 477 g/mol. The van der Waals surface area contributed by atoms with Crippen molar-refractivity contribution in [3.63, 3.8) is 0 Å². The van der Waals surface area contributed by atoms with Crippen molar-refractivity contribution in [2.24, 2.45) is 5.92 Å². The van der Waals surface area contributed by atoms with Crippen LogP contribution in [-0.2, 0) is 29.1 Å². The molecule has 1 fully saturated rings. The molecule has 3 N–H and O–H groups in total. The van der Waals surface area contributed by atoms with Crippen molar-refractivity contribution in [3.8, 4) is 0 Å². The monoisotopic (exact) mass is 476 g/mol. The Bertz CT molecular complexity index is 811. The molecule has 1 aromatic carbocycles. The van der Waals surface area contributed by atoms with Gasteiger partial charge in [0.15, 0.2) is 6.29 Å². The van der Waals surface area contributed by atoms with E-state index < -0.39 is 28.2 Å². The molecule has 1 saturated heterocycles. The molecule has 0 aliphatic carbocycles. The molecule has 0 bridgehead atoms. The summed E-state index contributed by atoms with van der Waals surface area (Å²) in [5.74, 6) is -2.03. The van der Waals surface area contributed by atoms with Crippen molar-refractivity contribution < 1.29 is 32.6 Å². The Morgan fingerprint density at radius 2 is 1.97 bits per heavy atom. The van der Waals surface area contributed by atoms with Gasteiger partial charge in [0.2, 0.25) is 15.9 Å². The van der Waals surface area contributed by atoms with E-state index in [0.717, 1.165) is 19.3 Å². The number of benzene rings is 1. The van der Waals surface area contributed by atoms with E-state index in [4.69, 9.17) is 26.2 Å². The molecule has 9 nitrogen and oxygen atoms in total. The van der Waals surface area contributed by atoms with E-state index in [-0.39, 0.29) is 30.4 Å². The number of unbranched alkanes of at least 4 members (excludes halogenated alkanes) is 1. The molecular weight excluding hydrogens is 448 g/mol. The highest BCUT2D eigenvalue weighted by molar-refractivity contribution is 7.89. The number of sulfonamides is 1. The number of carboxylic acids is 1. The summed E-state index contributed by atoms with van der Waals surface area (Å²) in [5.41, 5.74) is 0. The van der Waals surface area contributed by atoms with Crippen LogP contribution in [0.15, 0.2) is 29.2 Å². The summed E-state index contributed by atoms with van der Waals surface area (Å²) in [6.07, 6.45) is 3.22. The number of carbonyl (C=O) groups is 2. The van der Waals surface area contributed by atoms with Gasteiger partial charge in [-0.1, -0.05) is 11.6 Å². The first-order chi connectivity index (χ1) is 14.8. The molecule has 1 heterocycles. The van der Waals surface area contributed by atoms with Crippen LogP contribution in [0.25, 0.3) is 0 Å². The van der Waals surface area contributed by atoms with Crippen molar-refractivity contribution in [2.45, 2.75) is 49.7 Å². The molecule has 174 valence electrons. The first kappa shape index (κ1) is 25.5. The summed E-state index contributed by atoms with van der Waals surface area (Å²) >= 11 is 5.80. The molecule has 31 heavy (non-hydrogen) atoms. The standard InChI is InChI=1S/C20H29ClN2O7S/c21-16-7-9-17(10-8-16)31(27,28)23-13-15(14-30-19-6-2-4-12-29-19)20(26)22-11-3-1-5-18(24)25/h7-10,15,19,23H,1-6,11-14H2,(H,22,26)(H,24,25)/t15-,19?/m0/s1. The van der Waals surface area contributed by atoms with Crippen molar-refractivity contribution in [1.29, 1.82) is 0 Å². The fourth-order valence-electron chi connectivity index (χ4n) is 2.96. The molecule has 2 atom stereocenters. The maximum Gasteiger partial charge on any atom is 0.303 e. The van der Waals surface area contributed by atoms with Crippen LogP contribution in [0, 0.1) is 5.92 Å². The number of ether oxygens (including phenoxy) is 2. The summed E-state index contributed by atoms with van der Waals surface area (Å²) in [5, 5.41) is 11.8. The molecule has 1 amide bonds. The first-order valence-electron chi connectivity index (χ1n) is 10.3. The van der Waals surface area contributed by atoms with Gasteiger partial charge in [-0.25, -0.2) is 13.1 Å². The second kappa shape index (κ2) is 13.0. The average Bonchev–Trinajstić information content (AvgIpc) is 2.74. The number of halogens is 1. The Kier molecular flexibility index (Phi) is 10.7. The Labute approximate surface area is 187 Å². The van der Waals surface area contributed by atoms with E-state index in [1.54, 1.807) is 0 Å². The topological polar surface area (TPSA) is 131 Å². The van der Waals surface area contributed by atoms with Gasteiger partial charge in [-0.2, -0.15) is 0 Å². The number of hydrogen-bond donors (Lipinski definition) is 3. The van der Waals surface area contributed by atoms with Crippen LogP contribution in [0.1, 0.15) is 38.5 Å². The third kappa shape index (κ3) is 9.53. The van der Waals surface area contributed by atoms with Gasteiger partial charge in [0.25, 0.3) is 0 Å². The van der Waals surface area contributed by atoms with Crippen LogP contribution >= 0.6 is 11.6 Å². The Balaban J connectivity index is 1.92. The highest BCUT2D eigenvalue weighted by Crippen LogP contribution is 2.16. The van der Waals surface area contributed by atoms with Gasteiger partial charge >= 0.3 is 5.97 Å². The lowest BCUT2D eigenvalue weighted by Gasteiger charge is -2.25. The maximum atomic E-state index is 12.6. The van der Waals surface area contributed by atoms with Gasteiger partial charge in [-0.05, 0) is 56.4 Å². The molecule has 11 heteroatoms. The molecule has 0 spiro atoms. The molecule has 1 aliphatic rings. The van der Waals surface area contributed by atoms with Gasteiger partial charge in [-0.3, -0.25) is 9.59 Å². The van der Waals surface area contributed by atoms with Crippen molar-refractivity contribution in [2.75, 3.05) is 26.3 Å². The number of carbonyl (C=O) groups excluding carboxylic acids is 1. The van der Waals surface area contributed by atoms with Crippen LogP contribution in [0.4, 0.5) is 0 Å². The third-order valence-corrected chi connectivity index (χ3v) is 6.44. The van der Waals surface area contributed by atoms with Crippen molar-refractivity contribution >= 4 is 33.5 Å². The van der Waals surface area contributed by atoms with Crippen molar-refractivity contribution in [3.05, 3.63) is 29.3 Å². The van der Waals surface area contributed by atoms with Gasteiger partial charge in [0.05, 0.1) is 17.4 Å². The predicted octanol–water partition coefficient (Wildman–Crippen LogP) is 2.15. The molecular formula is C20H29ClN2O7S. The number of aliphatic carboxylic acids is 1. The Morgan fingerprint density at radius 3 is 2.61 bits per heavy atom. The second-order valence-corrected chi connectivity index (χ2v) is 9.48. The normalized spacial score (nSPS) is 17.8. The van der Waals surface area contributed by atoms with E-state index in [2.05, 4.69) is 10.0 Å². The summed E-state index contributed by atoms with van der Waals surface area (Å²) < 4.78 is 38.7. The zero-order valence-electron chi connectivity index (χ0n) is 17.2. The van der Waals surface area contributed by atoms with Gasteiger partial charge in [-0.15, -0.1) is 0 Å². The van der Waals surface area contributed by atoms with E-state index in [0.29, 0.717) is 31.0 Å². The quantitative estimate of drug-likeness (QED) is 0.372. The fourth-order valence-corrected chi connectivity index (χ4v) is 4.17. The van der Waals surface area contributed by atoms with Gasteiger partial charge in [0.1, 0.15) is 0 Å². The lowest BCUT2D eigenvalue weighted by atomic mass is 10.1. The van der Waals surface area contributed by atoms with E-state index in [1.807, 2.05) is 0 Å². The fraction of sp³-hybridized carbons (Fsp3) is 0.600. The smallest absolute Gasteiger partial charge is 0.303 e. The minimum Gasteiger partial charge on any atom is -0.481 e. The van der Waals surface area contributed by atoms with Crippen LogP contribution in [0.5, 0.6) is 0 Å². The second-order valence-electron chi connectivity index (χ2n) is 7.27. The lowest BCUT2D eigenvalue weighted by molar-refractivity contribution is -0.171. The Hall–Kier alpha value is -1.72. The van der Waals surface area contributed by atoms with E-state index >= 15 is 0 Å². The molecule has 1 aliphatic heterocycles. The third-order valence-electron chi connectivity index (χ3n) is 4.75.